The molecule has 6 heteroatoms. The SMILES string of the molecule is Cc1nc(COc2c(N)cc(F)cc2Br)cs1. The Labute approximate surface area is 111 Å². The molecule has 0 unspecified atom stereocenters. The summed E-state index contributed by atoms with van der Waals surface area (Å²) in [7, 11) is 0. The third-order valence-corrected chi connectivity index (χ3v) is 3.48. The van der Waals surface area contributed by atoms with Crippen molar-refractivity contribution in [1.29, 1.82) is 0 Å². The molecule has 0 fully saturated rings. The molecule has 17 heavy (non-hydrogen) atoms. The lowest BCUT2D eigenvalue weighted by atomic mass is 10.3. The Morgan fingerprint density at radius 3 is 2.88 bits per heavy atom. The van der Waals surface area contributed by atoms with Crippen molar-refractivity contribution in [3.63, 3.8) is 0 Å². The lowest BCUT2D eigenvalue weighted by Gasteiger charge is -2.09. The standard InChI is InChI=1S/C11H10BrFN2OS/c1-6-15-8(5-17-6)4-16-11-9(12)2-7(13)3-10(11)14/h2-3,5H,4,14H2,1H3. The first-order valence-electron chi connectivity index (χ1n) is 4.84. The van der Waals surface area contributed by atoms with E-state index in [9.17, 15) is 4.39 Å². The minimum Gasteiger partial charge on any atom is -0.484 e. The number of aromatic nitrogens is 1. The molecule has 0 saturated carbocycles. The number of nitrogens with two attached hydrogens (primary N) is 1. The van der Waals surface area contributed by atoms with E-state index in [4.69, 9.17) is 10.5 Å². The fraction of sp³-hybridized carbons (Fsp3) is 0.182. The minimum absolute atomic E-state index is 0.267. The maximum atomic E-state index is 13.0. The number of benzene rings is 1. The van der Waals surface area contributed by atoms with Gasteiger partial charge in [-0.2, -0.15) is 0 Å². The monoisotopic (exact) mass is 316 g/mol. The van der Waals surface area contributed by atoms with Gasteiger partial charge in [-0.25, -0.2) is 9.37 Å². The van der Waals surface area contributed by atoms with Crippen molar-refractivity contribution >= 4 is 33.0 Å². The van der Waals surface area contributed by atoms with Crippen LogP contribution in [0.15, 0.2) is 22.0 Å². The summed E-state index contributed by atoms with van der Waals surface area (Å²) in [5.41, 5.74) is 6.78. The number of aryl methyl sites for hydroxylation is 1. The van der Waals surface area contributed by atoms with Crippen molar-refractivity contribution in [3.8, 4) is 5.75 Å². The molecule has 3 nitrogen and oxygen atoms in total. The Morgan fingerprint density at radius 1 is 1.53 bits per heavy atom. The highest BCUT2D eigenvalue weighted by Gasteiger charge is 2.09. The molecule has 2 rings (SSSR count). The molecule has 2 aromatic rings. The van der Waals surface area contributed by atoms with Crippen LogP contribution in [-0.4, -0.2) is 4.98 Å². The van der Waals surface area contributed by atoms with Gasteiger partial charge in [-0.05, 0) is 28.9 Å². The number of thiazole rings is 1. The van der Waals surface area contributed by atoms with E-state index >= 15 is 0 Å². The highest BCUT2D eigenvalue weighted by molar-refractivity contribution is 9.10. The van der Waals surface area contributed by atoms with Gasteiger partial charge in [0.05, 0.1) is 20.9 Å². The zero-order valence-electron chi connectivity index (χ0n) is 9.04. The molecular weight excluding hydrogens is 307 g/mol. The van der Waals surface area contributed by atoms with Gasteiger partial charge >= 0.3 is 0 Å². The smallest absolute Gasteiger partial charge is 0.157 e. The summed E-state index contributed by atoms with van der Waals surface area (Å²) in [6, 6.07) is 2.55. The number of halogens is 2. The van der Waals surface area contributed by atoms with Gasteiger partial charge in [0, 0.05) is 11.4 Å². The predicted molar refractivity (Wildman–Crippen MR) is 69.7 cm³/mol. The van der Waals surface area contributed by atoms with Crippen molar-refractivity contribution < 1.29 is 9.13 Å². The Bertz CT molecular complexity index is 521. The maximum absolute atomic E-state index is 13.0. The number of hydrogen-bond acceptors (Lipinski definition) is 4. The summed E-state index contributed by atoms with van der Waals surface area (Å²) in [5.74, 6) is 0.0447. The van der Waals surface area contributed by atoms with E-state index < -0.39 is 5.82 Å². The molecule has 0 atom stereocenters. The second-order valence-electron chi connectivity index (χ2n) is 3.45. The molecule has 0 aliphatic heterocycles. The van der Waals surface area contributed by atoms with Crippen LogP contribution in [0.5, 0.6) is 5.75 Å². The zero-order valence-corrected chi connectivity index (χ0v) is 11.4. The quantitative estimate of drug-likeness (QED) is 0.881. The van der Waals surface area contributed by atoms with Gasteiger partial charge in [0.25, 0.3) is 0 Å². The van der Waals surface area contributed by atoms with Crippen molar-refractivity contribution in [2.45, 2.75) is 13.5 Å². The van der Waals surface area contributed by atoms with Crippen molar-refractivity contribution in [2.75, 3.05) is 5.73 Å². The molecule has 2 N–H and O–H groups in total. The van der Waals surface area contributed by atoms with Crippen LogP contribution in [0.4, 0.5) is 10.1 Å². The molecule has 1 aromatic carbocycles. The third-order valence-electron chi connectivity index (χ3n) is 2.07. The Balaban J connectivity index is 2.14. The molecule has 0 radical (unpaired) electrons. The summed E-state index contributed by atoms with van der Waals surface area (Å²) in [6.07, 6.45) is 0. The van der Waals surface area contributed by atoms with Gasteiger partial charge in [-0.15, -0.1) is 11.3 Å². The number of rotatable bonds is 3. The summed E-state index contributed by atoms with van der Waals surface area (Å²) >= 11 is 4.77. The van der Waals surface area contributed by atoms with Gasteiger partial charge in [0.2, 0.25) is 0 Å². The first-order valence-corrected chi connectivity index (χ1v) is 6.52. The summed E-state index contributed by atoms with van der Waals surface area (Å²) in [6.45, 7) is 2.25. The van der Waals surface area contributed by atoms with E-state index in [0.29, 0.717) is 16.8 Å². The number of nitrogen functional groups attached to an aromatic ring is 1. The van der Waals surface area contributed by atoms with Crippen LogP contribution in [0.1, 0.15) is 10.7 Å². The Kier molecular flexibility index (Phi) is 3.63. The highest BCUT2D eigenvalue weighted by atomic mass is 79.9. The fourth-order valence-electron chi connectivity index (χ4n) is 1.35. The number of anilines is 1. The van der Waals surface area contributed by atoms with E-state index in [2.05, 4.69) is 20.9 Å². The molecule has 0 amide bonds. The highest BCUT2D eigenvalue weighted by Crippen LogP contribution is 2.32. The van der Waals surface area contributed by atoms with Crippen LogP contribution >= 0.6 is 27.3 Å². The molecule has 1 heterocycles. The maximum Gasteiger partial charge on any atom is 0.157 e. The number of hydrogen-bond donors (Lipinski definition) is 1. The van der Waals surface area contributed by atoms with E-state index in [-0.39, 0.29) is 5.69 Å². The lowest BCUT2D eigenvalue weighted by Crippen LogP contribution is -2.00. The van der Waals surface area contributed by atoms with Crippen LogP contribution in [0.2, 0.25) is 0 Å². The van der Waals surface area contributed by atoms with Crippen LogP contribution in [-0.2, 0) is 6.61 Å². The molecule has 1 aromatic heterocycles. The molecular formula is C11H10BrFN2OS. The van der Waals surface area contributed by atoms with E-state index in [0.717, 1.165) is 10.7 Å². The third kappa shape index (κ3) is 2.95. The minimum atomic E-state index is -0.397. The molecule has 0 bridgehead atoms. The van der Waals surface area contributed by atoms with Gasteiger partial charge in [-0.1, -0.05) is 0 Å². The average molecular weight is 317 g/mol. The van der Waals surface area contributed by atoms with Crippen LogP contribution in [0, 0.1) is 12.7 Å². The van der Waals surface area contributed by atoms with Crippen molar-refractivity contribution in [1.82, 2.24) is 4.98 Å². The van der Waals surface area contributed by atoms with Gasteiger partial charge in [0.15, 0.2) is 5.75 Å². The van der Waals surface area contributed by atoms with Crippen molar-refractivity contribution in [3.05, 3.63) is 38.5 Å². The predicted octanol–water partition coefficient (Wildman–Crippen LogP) is 3.51. The van der Waals surface area contributed by atoms with Crippen LogP contribution in [0.3, 0.4) is 0 Å². The molecule has 0 spiro atoms. The van der Waals surface area contributed by atoms with Gasteiger partial charge in [0.1, 0.15) is 12.4 Å². The second kappa shape index (κ2) is 5.01. The van der Waals surface area contributed by atoms with Crippen molar-refractivity contribution in [2.24, 2.45) is 0 Å². The average Bonchev–Trinajstić information content (AvgIpc) is 2.62. The van der Waals surface area contributed by atoms with Gasteiger partial charge in [-0.3, -0.25) is 0 Å². The molecule has 90 valence electrons. The second-order valence-corrected chi connectivity index (χ2v) is 5.37. The molecule has 0 aliphatic carbocycles. The molecule has 0 saturated heterocycles. The molecule has 0 aliphatic rings. The van der Waals surface area contributed by atoms with Crippen LogP contribution in [0.25, 0.3) is 0 Å². The first-order chi connectivity index (χ1) is 8.06. The van der Waals surface area contributed by atoms with E-state index in [1.54, 1.807) is 11.3 Å². The lowest BCUT2D eigenvalue weighted by molar-refractivity contribution is 0.301. The topological polar surface area (TPSA) is 48.1 Å². The summed E-state index contributed by atoms with van der Waals surface area (Å²) in [5, 5.41) is 2.90. The largest absolute Gasteiger partial charge is 0.484 e. The van der Waals surface area contributed by atoms with E-state index in [1.807, 2.05) is 12.3 Å². The summed E-state index contributed by atoms with van der Waals surface area (Å²) in [4.78, 5) is 4.27. The normalized spacial score (nSPS) is 10.5. The zero-order chi connectivity index (χ0) is 12.4. The Morgan fingerprint density at radius 2 is 2.29 bits per heavy atom. The summed E-state index contributed by atoms with van der Waals surface area (Å²) < 4.78 is 19.0. The number of nitrogens with zero attached hydrogens (tertiary/aromatic N) is 1. The van der Waals surface area contributed by atoms with Crippen LogP contribution < -0.4 is 10.5 Å². The fourth-order valence-corrected chi connectivity index (χ4v) is 2.51. The number of ether oxygens (including phenoxy) is 1. The first kappa shape index (κ1) is 12.3. The van der Waals surface area contributed by atoms with Gasteiger partial charge < -0.3 is 10.5 Å². The Hall–Kier alpha value is -1.14. The van der Waals surface area contributed by atoms with E-state index in [1.165, 1.54) is 12.1 Å².